The highest BCUT2D eigenvalue weighted by Crippen LogP contribution is 2.40. The molecule has 1 aromatic heterocycles. The summed E-state index contributed by atoms with van der Waals surface area (Å²) in [5.74, 6) is 0. The largest absolute Gasteiger partial charge is 0.312 e. The number of rotatable bonds is 3. The molecule has 4 rings (SSSR count). The Morgan fingerprint density at radius 2 is 2.18 bits per heavy atom. The van der Waals surface area contributed by atoms with Crippen LogP contribution in [0.25, 0.3) is 10.8 Å². The predicted octanol–water partition coefficient (Wildman–Crippen LogP) is 3.62. The van der Waals surface area contributed by atoms with Gasteiger partial charge in [-0.2, -0.15) is 0 Å². The first kappa shape index (κ1) is 14.4. The van der Waals surface area contributed by atoms with E-state index in [4.69, 9.17) is 0 Å². The maximum atomic E-state index is 13.3. The van der Waals surface area contributed by atoms with Crippen LogP contribution >= 0.6 is 11.9 Å². The lowest BCUT2D eigenvalue weighted by Crippen LogP contribution is -2.30. The predicted molar refractivity (Wildman–Crippen MR) is 84.1 cm³/mol. The minimum Gasteiger partial charge on any atom is -0.312 e. The van der Waals surface area contributed by atoms with Crippen molar-refractivity contribution >= 4 is 22.7 Å². The van der Waals surface area contributed by atoms with Crippen LogP contribution in [-0.4, -0.2) is 34.5 Å². The summed E-state index contributed by atoms with van der Waals surface area (Å²) in [6.07, 6.45) is 2.71. The molecule has 3 nitrogen and oxygen atoms in total. The van der Waals surface area contributed by atoms with E-state index in [0.717, 1.165) is 36.2 Å². The summed E-state index contributed by atoms with van der Waals surface area (Å²) in [6, 6.07) is 6.77. The number of aromatic nitrogens is 1. The fourth-order valence-corrected chi connectivity index (χ4v) is 4.84. The van der Waals surface area contributed by atoms with Crippen LogP contribution in [-0.2, 0) is 0 Å². The van der Waals surface area contributed by atoms with Gasteiger partial charge < -0.3 is 5.32 Å². The van der Waals surface area contributed by atoms with Crippen molar-refractivity contribution in [1.82, 2.24) is 14.6 Å². The molecule has 2 unspecified atom stereocenters. The number of nitrogens with one attached hydrogen (secondary N) is 1. The molecule has 2 aliphatic heterocycles. The number of benzene rings is 1. The minimum atomic E-state index is -2.50. The quantitative estimate of drug-likeness (QED) is 0.874. The number of hydrogen-bond donors (Lipinski definition) is 1. The molecule has 0 bridgehead atoms. The number of fused-ring (bicyclic) bond motifs is 2. The molecule has 0 spiro atoms. The molecule has 2 fully saturated rings. The van der Waals surface area contributed by atoms with E-state index in [9.17, 15) is 8.78 Å². The molecule has 0 radical (unpaired) electrons. The van der Waals surface area contributed by atoms with Gasteiger partial charge in [-0.3, -0.25) is 4.98 Å². The van der Waals surface area contributed by atoms with E-state index >= 15 is 0 Å². The number of halogens is 2. The third-order valence-corrected chi connectivity index (χ3v) is 5.79. The highest BCUT2D eigenvalue weighted by atomic mass is 32.2. The number of hydrogen-bond acceptors (Lipinski definition) is 4. The molecule has 1 aromatic carbocycles. The Hall–Kier alpha value is -1.24. The van der Waals surface area contributed by atoms with Crippen molar-refractivity contribution in [3.05, 3.63) is 36.2 Å². The number of nitrogens with zero attached hydrogens (tertiary/aromatic N) is 2. The van der Waals surface area contributed by atoms with Gasteiger partial charge in [-0.15, -0.1) is 0 Å². The van der Waals surface area contributed by atoms with Gasteiger partial charge in [0, 0.05) is 52.3 Å². The van der Waals surface area contributed by atoms with Crippen LogP contribution in [0.15, 0.2) is 35.5 Å². The van der Waals surface area contributed by atoms with Crippen LogP contribution in [0.1, 0.15) is 24.8 Å². The van der Waals surface area contributed by atoms with Crippen LogP contribution in [0.5, 0.6) is 0 Å². The molecule has 6 heteroatoms. The van der Waals surface area contributed by atoms with Gasteiger partial charge >= 0.3 is 0 Å². The summed E-state index contributed by atoms with van der Waals surface area (Å²) in [4.78, 5) is 4.85. The van der Waals surface area contributed by atoms with Crippen LogP contribution in [0, 0.1) is 0 Å². The molecule has 2 atom stereocenters. The Morgan fingerprint density at radius 3 is 3.05 bits per heavy atom. The van der Waals surface area contributed by atoms with Crippen molar-refractivity contribution in [2.45, 2.75) is 36.2 Å². The van der Waals surface area contributed by atoms with Crippen molar-refractivity contribution in [3.63, 3.8) is 0 Å². The molecule has 0 saturated carbocycles. The van der Waals surface area contributed by atoms with E-state index in [2.05, 4.69) is 14.6 Å². The van der Waals surface area contributed by atoms with Gasteiger partial charge in [0.15, 0.2) is 0 Å². The molecule has 116 valence electrons. The summed E-state index contributed by atoms with van der Waals surface area (Å²) >= 11 is 1.62. The molecule has 2 aliphatic rings. The fraction of sp³-hybridized carbons (Fsp3) is 0.438. The summed E-state index contributed by atoms with van der Waals surface area (Å²) in [7, 11) is 0. The van der Waals surface area contributed by atoms with Gasteiger partial charge in [-0.05, 0) is 37.4 Å². The third-order valence-electron chi connectivity index (χ3n) is 4.57. The maximum absolute atomic E-state index is 13.3. The van der Waals surface area contributed by atoms with E-state index in [1.807, 2.05) is 18.2 Å². The van der Waals surface area contributed by atoms with E-state index < -0.39 is 6.43 Å². The van der Waals surface area contributed by atoms with Gasteiger partial charge in [0.1, 0.15) is 0 Å². The Bertz CT molecular complexity index is 689. The molecule has 3 heterocycles. The van der Waals surface area contributed by atoms with Crippen LogP contribution in [0.4, 0.5) is 8.78 Å². The van der Waals surface area contributed by atoms with E-state index in [1.165, 1.54) is 6.20 Å². The average Bonchev–Trinajstić information content (AvgIpc) is 3.12. The van der Waals surface area contributed by atoms with Gasteiger partial charge in [0.25, 0.3) is 6.43 Å². The lowest BCUT2D eigenvalue weighted by molar-refractivity contribution is 0.152. The molecule has 0 aliphatic carbocycles. The average molecular weight is 321 g/mol. The Kier molecular flexibility index (Phi) is 3.76. The second kappa shape index (κ2) is 5.76. The zero-order chi connectivity index (χ0) is 15.1. The van der Waals surface area contributed by atoms with Gasteiger partial charge in [-0.25, -0.2) is 13.1 Å². The van der Waals surface area contributed by atoms with Crippen molar-refractivity contribution in [2.24, 2.45) is 0 Å². The Morgan fingerprint density at radius 1 is 1.27 bits per heavy atom. The summed E-state index contributed by atoms with van der Waals surface area (Å²) in [5.41, 5.74) is 0.0286. The first-order valence-corrected chi connectivity index (χ1v) is 8.34. The minimum absolute atomic E-state index is 0.0286. The standard InChI is InChI=1S/C16H17F2N3S/c17-16(18)11-9-19-8-10-2-1-3-14(15(10)11)22-21-7-5-12-13(21)4-6-20-12/h1-3,8-9,12-13,16,20H,4-7H2. The van der Waals surface area contributed by atoms with E-state index in [-0.39, 0.29) is 5.56 Å². The van der Waals surface area contributed by atoms with Crippen LogP contribution in [0.3, 0.4) is 0 Å². The maximum Gasteiger partial charge on any atom is 0.265 e. The smallest absolute Gasteiger partial charge is 0.265 e. The van der Waals surface area contributed by atoms with Gasteiger partial charge in [-0.1, -0.05) is 12.1 Å². The molecule has 2 saturated heterocycles. The van der Waals surface area contributed by atoms with Crippen molar-refractivity contribution in [3.8, 4) is 0 Å². The number of alkyl halides is 2. The molecular weight excluding hydrogens is 304 g/mol. The zero-order valence-electron chi connectivity index (χ0n) is 12.0. The van der Waals surface area contributed by atoms with Crippen LogP contribution in [0.2, 0.25) is 0 Å². The second-order valence-electron chi connectivity index (χ2n) is 5.82. The monoisotopic (exact) mass is 321 g/mol. The summed E-state index contributed by atoms with van der Waals surface area (Å²) in [6.45, 7) is 2.05. The molecule has 2 aromatic rings. The highest BCUT2D eigenvalue weighted by Gasteiger charge is 2.38. The number of pyridine rings is 1. The van der Waals surface area contributed by atoms with Crippen LogP contribution < -0.4 is 5.32 Å². The molecule has 1 N–H and O–H groups in total. The first-order valence-electron chi connectivity index (χ1n) is 7.57. The lowest BCUT2D eigenvalue weighted by Gasteiger charge is -2.22. The van der Waals surface area contributed by atoms with Crippen molar-refractivity contribution < 1.29 is 8.78 Å². The van der Waals surface area contributed by atoms with Gasteiger partial charge in [0.2, 0.25) is 0 Å². The lowest BCUT2D eigenvalue weighted by atomic mass is 10.1. The molecular formula is C16H17F2N3S. The summed E-state index contributed by atoms with van der Waals surface area (Å²) in [5, 5.41) is 4.94. The normalized spacial score (nSPS) is 25.2. The Labute approximate surface area is 132 Å². The molecule has 22 heavy (non-hydrogen) atoms. The van der Waals surface area contributed by atoms with Crippen molar-refractivity contribution in [2.75, 3.05) is 13.1 Å². The highest BCUT2D eigenvalue weighted by molar-refractivity contribution is 7.97. The van der Waals surface area contributed by atoms with Gasteiger partial charge in [0.05, 0.1) is 0 Å². The Balaban J connectivity index is 1.72. The summed E-state index contributed by atoms with van der Waals surface area (Å²) < 4.78 is 29.0. The third kappa shape index (κ3) is 2.39. The topological polar surface area (TPSA) is 28.2 Å². The first-order chi connectivity index (χ1) is 10.7. The second-order valence-corrected chi connectivity index (χ2v) is 6.91. The van der Waals surface area contributed by atoms with Crippen molar-refractivity contribution in [1.29, 1.82) is 0 Å². The fourth-order valence-electron chi connectivity index (χ4n) is 3.53. The SMILES string of the molecule is FC(F)c1cncc2cccc(SN3CCC4NCCC43)c12. The molecule has 0 amide bonds. The van der Waals surface area contributed by atoms with E-state index in [0.29, 0.717) is 17.5 Å². The van der Waals surface area contributed by atoms with E-state index in [1.54, 1.807) is 18.1 Å². The zero-order valence-corrected chi connectivity index (χ0v) is 12.8.